The Morgan fingerprint density at radius 2 is 2.24 bits per heavy atom. The van der Waals surface area contributed by atoms with E-state index >= 15 is 0 Å². The van der Waals surface area contributed by atoms with Crippen LogP contribution in [0, 0.1) is 6.92 Å². The van der Waals surface area contributed by atoms with E-state index in [0.29, 0.717) is 12.8 Å². The third kappa shape index (κ3) is 2.72. The van der Waals surface area contributed by atoms with Gasteiger partial charge in [-0.05, 0) is 49.9 Å². The molecule has 6 heteroatoms. The third-order valence-corrected chi connectivity index (χ3v) is 5.48. The van der Waals surface area contributed by atoms with Crippen LogP contribution in [-0.4, -0.2) is 27.5 Å². The van der Waals surface area contributed by atoms with Crippen LogP contribution in [0.2, 0.25) is 5.22 Å². The molecule has 0 fully saturated rings. The number of aromatic amines is 1. The number of amides is 1. The lowest BCUT2D eigenvalue weighted by Crippen LogP contribution is -2.38. The fraction of sp³-hybridized carbons (Fsp3) is 0.368. The Hall–Kier alpha value is -2.27. The van der Waals surface area contributed by atoms with Gasteiger partial charge in [0.2, 0.25) is 11.1 Å². The van der Waals surface area contributed by atoms with E-state index in [2.05, 4.69) is 35.3 Å². The average Bonchev–Trinajstić information content (AvgIpc) is 3.14. The smallest absolute Gasteiger partial charge is 0.229 e. The molecule has 3 aromatic rings. The molecule has 130 valence electrons. The van der Waals surface area contributed by atoms with Gasteiger partial charge in [-0.1, -0.05) is 23.4 Å². The van der Waals surface area contributed by atoms with E-state index in [4.69, 9.17) is 16.1 Å². The van der Waals surface area contributed by atoms with Crippen molar-refractivity contribution in [2.24, 2.45) is 0 Å². The van der Waals surface area contributed by atoms with Crippen molar-refractivity contribution < 1.29 is 9.32 Å². The summed E-state index contributed by atoms with van der Waals surface area (Å²) in [4.78, 5) is 18.2. The zero-order chi connectivity index (χ0) is 17.6. The molecule has 1 N–H and O–H groups in total. The first-order chi connectivity index (χ1) is 12.1. The largest absolute Gasteiger partial charge is 0.356 e. The summed E-state index contributed by atoms with van der Waals surface area (Å²) >= 11 is 6.00. The van der Waals surface area contributed by atoms with Gasteiger partial charge in [0.15, 0.2) is 0 Å². The summed E-state index contributed by atoms with van der Waals surface area (Å²) in [5.41, 5.74) is 5.21. The van der Waals surface area contributed by atoms with Crippen molar-refractivity contribution >= 4 is 28.4 Å². The van der Waals surface area contributed by atoms with Gasteiger partial charge < -0.3 is 14.4 Å². The molecule has 2 aromatic heterocycles. The molecule has 0 saturated carbocycles. The fourth-order valence-corrected chi connectivity index (χ4v) is 4.05. The predicted molar refractivity (Wildman–Crippen MR) is 96.7 cm³/mol. The molecule has 0 radical (unpaired) electrons. The van der Waals surface area contributed by atoms with Gasteiger partial charge in [0.1, 0.15) is 0 Å². The summed E-state index contributed by atoms with van der Waals surface area (Å²) in [6.07, 6.45) is 1.83. The van der Waals surface area contributed by atoms with Gasteiger partial charge in [0, 0.05) is 35.1 Å². The molecule has 0 spiro atoms. The van der Waals surface area contributed by atoms with E-state index in [0.717, 1.165) is 35.4 Å². The first-order valence-corrected chi connectivity index (χ1v) is 8.93. The molecule has 0 bridgehead atoms. The van der Waals surface area contributed by atoms with Crippen LogP contribution < -0.4 is 0 Å². The Morgan fingerprint density at radius 1 is 1.44 bits per heavy atom. The molecule has 25 heavy (non-hydrogen) atoms. The van der Waals surface area contributed by atoms with E-state index in [-0.39, 0.29) is 17.2 Å². The molecule has 1 atom stereocenters. The number of aromatic nitrogens is 2. The summed E-state index contributed by atoms with van der Waals surface area (Å²) in [5, 5.41) is 5.39. The van der Waals surface area contributed by atoms with E-state index in [1.54, 1.807) is 0 Å². The second-order valence-corrected chi connectivity index (χ2v) is 6.94. The van der Waals surface area contributed by atoms with E-state index < -0.39 is 0 Å². The highest BCUT2D eigenvalue weighted by molar-refractivity contribution is 6.29. The minimum Gasteiger partial charge on any atom is -0.356 e. The molecule has 1 aliphatic rings. The Bertz CT molecular complexity index is 924. The van der Waals surface area contributed by atoms with E-state index in [9.17, 15) is 4.79 Å². The number of aryl methyl sites for hydroxylation is 1. The average molecular weight is 358 g/mol. The zero-order valence-electron chi connectivity index (χ0n) is 14.3. The van der Waals surface area contributed by atoms with Crippen molar-refractivity contribution in [3.63, 3.8) is 0 Å². The van der Waals surface area contributed by atoms with Crippen molar-refractivity contribution in [3.8, 4) is 0 Å². The summed E-state index contributed by atoms with van der Waals surface area (Å²) < 4.78 is 4.96. The van der Waals surface area contributed by atoms with Gasteiger partial charge in [-0.25, -0.2) is 0 Å². The Labute approximate surface area is 150 Å². The number of fused-ring (bicyclic) bond motifs is 3. The molecular weight excluding hydrogens is 338 g/mol. The van der Waals surface area contributed by atoms with Crippen molar-refractivity contribution in [1.29, 1.82) is 0 Å². The molecule has 5 nitrogen and oxygen atoms in total. The van der Waals surface area contributed by atoms with Crippen LogP contribution >= 0.6 is 11.6 Å². The maximum Gasteiger partial charge on any atom is 0.229 e. The van der Waals surface area contributed by atoms with Crippen molar-refractivity contribution in [2.45, 2.75) is 39.2 Å². The van der Waals surface area contributed by atoms with Crippen LogP contribution in [0.5, 0.6) is 0 Å². The lowest BCUT2D eigenvalue weighted by molar-refractivity contribution is -0.133. The first-order valence-electron chi connectivity index (χ1n) is 8.56. The summed E-state index contributed by atoms with van der Waals surface area (Å²) in [5.74, 6) is 0.133. The lowest BCUT2D eigenvalue weighted by atomic mass is 9.97. The Kier molecular flexibility index (Phi) is 4.04. The predicted octanol–water partition coefficient (Wildman–Crippen LogP) is 4.20. The number of carbonyl (C=O) groups is 1. The SMILES string of the molecule is Cc1noc(Cl)c1CCC(=O)N1CCc2c([nH]c3ccccc23)[C@@H]1C. The van der Waals surface area contributed by atoms with Gasteiger partial charge >= 0.3 is 0 Å². The van der Waals surface area contributed by atoms with Crippen LogP contribution in [0.25, 0.3) is 10.9 Å². The number of hydrogen-bond donors (Lipinski definition) is 1. The summed E-state index contributed by atoms with van der Waals surface area (Å²) in [7, 11) is 0. The van der Waals surface area contributed by atoms with Crippen LogP contribution in [0.15, 0.2) is 28.8 Å². The van der Waals surface area contributed by atoms with Gasteiger partial charge in [0.05, 0.1) is 11.7 Å². The fourth-order valence-electron chi connectivity index (χ4n) is 3.78. The third-order valence-electron chi connectivity index (χ3n) is 5.18. The highest BCUT2D eigenvalue weighted by Gasteiger charge is 2.30. The highest BCUT2D eigenvalue weighted by Crippen LogP contribution is 2.34. The summed E-state index contributed by atoms with van der Waals surface area (Å²) in [6.45, 7) is 4.67. The number of carbonyl (C=O) groups excluding carboxylic acids is 1. The number of nitrogens with zero attached hydrogens (tertiary/aromatic N) is 2. The van der Waals surface area contributed by atoms with Crippen molar-refractivity contribution in [1.82, 2.24) is 15.0 Å². The highest BCUT2D eigenvalue weighted by atomic mass is 35.5. The Balaban J connectivity index is 1.53. The molecule has 3 heterocycles. The van der Waals surface area contributed by atoms with E-state index in [1.807, 2.05) is 17.9 Å². The second kappa shape index (κ2) is 6.23. The molecule has 1 amide bonds. The monoisotopic (exact) mass is 357 g/mol. The molecule has 1 aromatic carbocycles. The quantitative estimate of drug-likeness (QED) is 0.764. The van der Waals surface area contributed by atoms with Crippen LogP contribution in [-0.2, 0) is 17.6 Å². The number of hydrogen-bond acceptors (Lipinski definition) is 3. The first kappa shape index (κ1) is 16.2. The van der Waals surface area contributed by atoms with E-state index in [1.165, 1.54) is 10.9 Å². The Morgan fingerprint density at radius 3 is 3.00 bits per heavy atom. The maximum absolute atomic E-state index is 12.8. The zero-order valence-corrected chi connectivity index (χ0v) is 15.1. The van der Waals surface area contributed by atoms with Crippen molar-refractivity contribution in [2.75, 3.05) is 6.54 Å². The van der Waals surface area contributed by atoms with Gasteiger partial charge in [-0.15, -0.1) is 0 Å². The molecule has 1 aliphatic heterocycles. The number of nitrogens with one attached hydrogen (secondary N) is 1. The standard InChI is InChI=1S/C19H20ClN3O2/c1-11-13(19(20)25-22-11)7-8-17(24)23-10-9-15-14-5-3-4-6-16(14)21-18(15)12(23)2/h3-6,12,21H,7-10H2,1-2H3/t12-/m0/s1. The van der Waals surface area contributed by atoms with Gasteiger partial charge in [-0.2, -0.15) is 0 Å². The number of H-pyrrole nitrogens is 1. The molecule has 0 unspecified atom stereocenters. The minimum absolute atomic E-state index is 0.0442. The molecule has 0 saturated heterocycles. The van der Waals surface area contributed by atoms with Crippen LogP contribution in [0.1, 0.15) is 41.9 Å². The number of para-hydroxylation sites is 1. The number of halogens is 1. The number of benzene rings is 1. The minimum atomic E-state index is 0.0442. The molecular formula is C19H20ClN3O2. The summed E-state index contributed by atoms with van der Waals surface area (Å²) in [6, 6.07) is 8.36. The van der Waals surface area contributed by atoms with Crippen LogP contribution in [0.4, 0.5) is 0 Å². The normalized spacial score (nSPS) is 17.1. The van der Waals surface area contributed by atoms with Gasteiger partial charge in [0.25, 0.3) is 0 Å². The molecule has 4 rings (SSSR count). The van der Waals surface area contributed by atoms with Crippen LogP contribution in [0.3, 0.4) is 0 Å². The maximum atomic E-state index is 12.8. The topological polar surface area (TPSA) is 62.1 Å². The lowest BCUT2D eigenvalue weighted by Gasteiger charge is -2.33. The van der Waals surface area contributed by atoms with Crippen molar-refractivity contribution in [3.05, 3.63) is 52.0 Å². The molecule has 0 aliphatic carbocycles. The number of rotatable bonds is 3. The van der Waals surface area contributed by atoms with Gasteiger partial charge in [-0.3, -0.25) is 4.79 Å². The second-order valence-electron chi connectivity index (χ2n) is 6.60.